The third-order valence-corrected chi connectivity index (χ3v) is 9.23. The van der Waals surface area contributed by atoms with Gasteiger partial charge in [-0.3, -0.25) is 13.9 Å². The van der Waals surface area contributed by atoms with Crippen LogP contribution < -0.4 is 14.4 Å². The number of carbonyl (C=O) groups is 2. The number of sulfonamides is 1. The zero-order chi connectivity index (χ0) is 30.9. The Hall–Kier alpha value is -3.56. The molecule has 0 spiro atoms. The number of halogens is 1. The number of hydrogen-bond donors (Lipinski definition) is 1. The lowest BCUT2D eigenvalue weighted by molar-refractivity contribution is -0.140. The van der Waals surface area contributed by atoms with E-state index in [-0.39, 0.29) is 17.3 Å². The van der Waals surface area contributed by atoms with Crippen LogP contribution in [0.2, 0.25) is 5.02 Å². The molecule has 0 bridgehead atoms. The van der Waals surface area contributed by atoms with E-state index in [2.05, 4.69) is 5.32 Å². The smallest absolute Gasteiger partial charge is 0.264 e. The van der Waals surface area contributed by atoms with Gasteiger partial charge in [-0.2, -0.15) is 0 Å². The Morgan fingerprint density at radius 2 is 1.62 bits per heavy atom. The fourth-order valence-corrected chi connectivity index (χ4v) is 6.03. The van der Waals surface area contributed by atoms with Gasteiger partial charge in [0, 0.05) is 18.1 Å². The highest BCUT2D eigenvalue weighted by Crippen LogP contribution is 2.27. The lowest BCUT2D eigenvalue weighted by Crippen LogP contribution is -2.52. The molecule has 0 unspecified atom stereocenters. The molecule has 0 aliphatic heterocycles. The summed E-state index contributed by atoms with van der Waals surface area (Å²) in [7, 11) is -2.60. The van der Waals surface area contributed by atoms with Crippen LogP contribution in [0.4, 0.5) is 5.69 Å². The van der Waals surface area contributed by atoms with Gasteiger partial charge in [-0.15, -0.1) is 0 Å². The molecule has 0 aliphatic carbocycles. The summed E-state index contributed by atoms with van der Waals surface area (Å²) in [6, 6.07) is 17.5. The molecule has 8 nitrogen and oxygen atoms in total. The molecule has 3 aromatic carbocycles. The molecular weight excluding hydrogens is 574 g/mol. The number of amides is 2. The number of nitrogens with one attached hydrogen (secondary N) is 1. The number of methoxy groups -OCH3 is 1. The van der Waals surface area contributed by atoms with Crippen molar-refractivity contribution >= 4 is 39.1 Å². The van der Waals surface area contributed by atoms with Gasteiger partial charge in [0.2, 0.25) is 11.8 Å². The van der Waals surface area contributed by atoms with Gasteiger partial charge in [0.1, 0.15) is 18.3 Å². The minimum atomic E-state index is -4.17. The predicted octanol–water partition coefficient (Wildman–Crippen LogP) is 5.88. The number of rotatable bonds is 14. The molecule has 0 heterocycles. The SMILES string of the molecule is CCCCNC(=O)[C@H](CC)N(Cc1ccc(OC)cc1)C(=O)CN(c1ccc(C)c(C)c1)S(=O)(=O)c1ccc(Cl)cc1. The molecule has 226 valence electrons. The summed E-state index contributed by atoms with van der Waals surface area (Å²) < 4.78 is 34.4. The van der Waals surface area contributed by atoms with E-state index in [0.717, 1.165) is 33.8 Å². The molecule has 0 aliphatic rings. The summed E-state index contributed by atoms with van der Waals surface area (Å²) in [6.07, 6.45) is 2.08. The largest absolute Gasteiger partial charge is 0.497 e. The minimum Gasteiger partial charge on any atom is -0.497 e. The van der Waals surface area contributed by atoms with Gasteiger partial charge < -0.3 is 15.0 Å². The molecule has 10 heteroatoms. The summed E-state index contributed by atoms with van der Waals surface area (Å²) in [5.41, 5.74) is 3.01. The second-order valence-electron chi connectivity index (χ2n) is 10.2. The van der Waals surface area contributed by atoms with E-state index in [9.17, 15) is 18.0 Å². The van der Waals surface area contributed by atoms with Crippen LogP contribution in [0, 0.1) is 13.8 Å². The lowest BCUT2D eigenvalue weighted by atomic mass is 10.1. The molecule has 2 amide bonds. The lowest BCUT2D eigenvalue weighted by Gasteiger charge is -2.33. The Balaban J connectivity index is 2.05. The Morgan fingerprint density at radius 3 is 2.19 bits per heavy atom. The summed E-state index contributed by atoms with van der Waals surface area (Å²) in [6.45, 7) is 7.80. The van der Waals surface area contributed by atoms with E-state index in [1.54, 1.807) is 31.4 Å². The summed E-state index contributed by atoms with van der Waals surface area (Å²) in [5, 5.41) is 3.33. The van der Waals surface area contributed by atoms with Gasteiger partial charge in [0.05, 0.1) is 17.7 Å². The van der Waals surface area contributed by atoms with E-state index >= 15 is 0 Å². The number of carbonyl (C=O) groups excluding carboxylic acids is 2. The molecule has 0 saturated heterocycles. The van der Waals surface area contributed by atoms with Crippen molar-refractivity contribution in [3.63, 3.8) is 0 Å². The highest BCUT2D eigenvalue weighted by atomic mass is 35.5. The van der Waals surface area contributed by atoms with Crippen LogP contribution in [0.3, 0.4) is 0 Å². The van der Waals surface area contributed by atoms with Crippen LogP contribution in [0.5, 0.6) is 5.75 Å². The summed E-state index contributed by atoms with van der Waals surface area (Å²) in [4.78, 5) is 28.9. The first-order chi connectivity index (χ1) is 20.0. The van der Waals surface area contributed by atoms with Gasteiger partial charge >= 0.3 is 0 Å². The van der Waals surface area contributed by atoms with Crippen LogP contribution in [0.25, 0.3) is 0 Å². The number of unbranched alkanes of at least 4 members (excludes halogenated alkanes) is 1. The maximum Gasteiger partial charge on any atom is 0.264 e. The Bertz CT molecular complexity index is 1460. The van der Waals surface area contributed by atoms with E-state index in [1.165, 1.54) is 29.2 Å². The van der Waals surface area contributed by atoms with E-state index in [0.29, 0.717) is 29.4 Å². The van der Waals surface area contributed by atoms with Crippen LogP contribution >= 0.6 is 11.6 Å². The van der Waals surface area contributed by atoms with Gasteiger partial charge in [-0.25, -0.2) is 8.42 Å². The fraction of sp³-hybridized carbons (Fsp3) is 0.375. The first-order valence-corrected chi connectivity index (χ1v) is 15.9. The van der Waals surface area contributed by atoms with Crippen molar-refractivity contribution < 1.29 is 22.7 Å². The molecule has 1 N–H and O–H groups in total. The molecule has 1 atom stereocenters. The number of benzene rings is 3. The number of anilines is 1. The zero-order valence-electron chi connectivity index (χ0n) is 24.9. The van der Waals surface area contributed by atoms with E-state index in [1.807, 2.05) is 45.9 Å². The Kier molecular flexibility index (Phi) is 11.8. The molecular formula is C32H40ClN3O5S. The monoisotopic (exact) mass is 613 g/mol. The fourth-order valence-electron chi connectivity index (χ4n) is 4.50. The second kappa shape index (κ2) is 15.1. The predicted molar refractivity (Wildman–Crippen MR) is 167 cm³/mol. The first kappa shape index (κ1) is 32.9. The Morgan fingerprint density at radius 1 is 0.952 bits per heavy atom. The van der Waals surface area contributed by atoms with Gasteiger partial charge in [-0.05, 0) is 91.9 Å². The van der Waals surface area contributed by atoms with Crippen molar-refractivity contribution in [1.82, 2.24) is 10.2 Å². The van der Waals surface area contributed by atoms with Crippen LogP contribution in [-0.2, 0) is 26.2 Å². The minimum absolute atomic E-state index is 0.00369. The van der Waals surface area contributed by atoms with Crippen LogP contribution in [0.1, 0.15) is 49.8 Å². The van der Waals surface area contributed by atoms with E-state index < -0.39 is 28.5 Å². The van der Waals surface area contributed by atoms with Gasteiger partial charge in [0.25, 0.3) is 10.0 Å². The number of nitrogens with zero attached hydrogens (tertiary/aromatic N) is 2. The van der Waals surface area contributed by atoms with Crippen molar-refractivity contribution in [2.24, 2.45) is 0 Å². The normalized spacial score (nSPS) is 12.0. The highest BCUT2D eigenvalue weighted by Gasteiger charge is 2.33. The second-order valence-corrected chi connectivity index (χ2v) is 12.5. The molecule has 42 heavy (non-hydrogen) atoms. The van der Waals surface area contributed by atoms with Gasteiger partial charge in [0.15, 0.2) is 0 Å². The molecule has 0 fully saturated rings. The van der Waals surface area contributed by atoms with Crippen molar-refractivity contribution in [1.29, 1.82) is 0 Å². The number of hydrogen-bond acceptors (Lipinski definition) is 5. The molecule has 3 aromatic rings. The average Bonchev–Trinajstić information content (AvgIpc) is 2.97. The van der Waals surface area contributed by atoms with Gasteiger partial charge in [-0.1, -0.05) is 50.1 Å². The van der Waals surface area contributed by atoms with Crippen molar-refractivity contribution in [3.8, 4) is 5.75 Å². The standard InChI is InChI=1S/C32H40ClN3O5S/c1-6-8-19-34-32(38)30(7-2)35(21-25-10-15-28(41-5)16-11-25)31(37)22-36(27-14-9-23(3)24(4)20-27)42(39,40)29-17-12-26(33)13-18-29/h9-18,20,30H,6-8,19,21-22H2,1-5H3,(H,34,38)/t30-/m0/s1. The third kappa shape index (κ3) is 8.26. The third-order valence-electron chi connectivity index (χ3n) is 7.19. The summed E-state index contributed by atoms with van der Waals surface area (Å²) in [5.74, 6) is -0.110. The van der Waals surface area contributed by atoms with Crippen molar-refractivity contribution in [2.45, 2.75) is 64.4 Å². The quantitative estimate of drug-likeness (QED) is 0.229. The highest BCUT2D eigenvalue weighted by molar-refractivity contribution is 7.92. The molecule has 0 saturated carbocycles. The van der Waals surface area contributed by atoms with Crippen molar-refractivity contribution in [3.05, 3.63) is 88.4 Å². The van der Waals surface area contributed by atoms with Crippen molar-refractivity contribution in [2.75, 3.05) is 24.5 Å². The first-order valence-electron chi connectivity index (χ1n) is 14.1. The number of aryl methyl sites for hydroxylation is 2. The average molecular weight is 614 g/mol. The molecule has 0 radical (unpaired) electrons. The summed E-state index contributed by atoms with van der Waals surface area (Å²) >= 11 is 6.03. The Labute approximate surface area is 254 Å². The van der Waals surface area contributed by atoms with Crippen LogP contribution in [-0.4, -0.2) is 51.4 Å². The van der Waals surface area contributed by atoms with Crippen LogP contribution in [0.15, 0.2) is 71.6 Å². The molecule has 0 aromatic heterocycles. The number of ether oxygens (including phenoxy) is 1. The molecule has 3 rings (SSSR count). The maximum absolute atomic E-state index is 14.2. The topological polar surface area (TPSA) is 96.0 Å². The zero-order valence-corrected chi connectivity index (χ0v) is 26.5. The maximum atomic E-state index is 14.2. The van der Waals surface area contributed by atoms with E-state index in [4.69, 9.17) is 16.3 Å².